The van der Waals surface area contributed by atoms with Crippen LogP contribution >= 0.6 is 0 Å². The number of hydrogen-bond acceptors (Lipinski definition) is 1. The highest BCUT2D eigenvalue weighted by atomic mass is 19.1. The first kappa shape index (κ1) is 8.05. The lowest BCUT2D eigenvalue weighted by Crippen LogP contribution is -1.84. The van der Waals surface area contributed by atoms with Gasteiger partial charge >= 0.3 is 0 Å². The zero-order chi connectivity index (χ0) is 9.42. The Labute approximate surface area is 75.4 Å². The van der Waals surface area contributed by atoms with E-state index in [1.54, 1.807) is 12.1 Å². The van der Waals surface area contributed by atoms with Crippen LogP contribution in [0.2, 0.25) is 0 Å². The maximum absolute atomic E-state index is 13.3. The molecule has 2 aromatic rings. The normalized spacial score (nSPS) is 10.6. The van der Waals surface area contributed by atoms with Crippen LogP contribution in [-0.2, 0) is 0 Å². The van der Waals surface area contributed by atoms with Gasteiger partial charge in [-0.2, -0.15) is 0 Å². The summed E-state index contributed by atoms with van der Waals surface area (Å²) < 4.78 is 13.3. The molecule has 0 aliphatic rings. The second-order valence-electron chi connectivity index (χ2n) is 3.07. The summed E-state index contributed by atoms with van der Waals surface area (Å²) in [4.78, 5) is 0. The molecule has 0 bridgehead atoms. The van der Waals surface area contributed by atoms with Gasteiger partial charge in [0, 0.05) is 5.39 Å². The second kappa shape index (κ2) is 2.73. The summed E-state index contributed by atoms with van der Waals surface area (Å²) in [5, 5.41) is 10.5. The van der Waals surface area contributed by atoms with E-state index in [4.69, 9.17) is 0 Å². The monoisotopic (exact) mass is 176 g/mol. The maximum Gasteiger partial charge on any atom is 0.172 e. The van der Waals surface area contributed by atoms with Gasteiger partial charge < -0.3 is 5.11 Å². The minimum atomic E-state index is -0.541. The summed E-state index contributed by atoms with van der Waals surface area (Å²) in [6, 6.07) is 8.55. The Morgan fingerprint density at radius 1 is 1.15 bits per heavy atom. The van der Waals surface area contributed by atoms with E-state index in [1.807, 2.05) is 19.1 Å². The van der Waals surface area contributed by atoms with E-state index in [2.05, 4.69) is 0 Å². The molecule has 1 N–H and O–H groups in total. The zero-order valence-corrected chi connectivity index (χ0v) is 7.21. The Balaban J connectivity index is 2.97. The highest BCUT2D eigenvalue weighted by Crippen LogP contribution is 2.28. The SMILES string of the molecule is Cc1cc(O)c(F)c2ccccc12. The molecule has 0 spiro atoms. The smallest absolute Gasteiger partial charge is 0.172 e. The van der Waals surface area contributed by atoms with E-state index in [9.17, 15) is 9.50 Å². The molecule has 0 unspecified atom stereocenters. The highest BCUT2D eigenvalue weighted by Gasteiger charge is 2.07. The lowest BCUT2D eigenvalue weighted by Gasteiger charge is -2.04. The van der Waals surface area contributed by atoms with Crippen molar-refractivity contribution in [3.8, 4) is 5.75 Å². The molecule has 0 aromatic heterocycles. The third-order valence-electron chi connectivity index (χ3n) is 2.17. The third kappa shape index (κ3) is 1.15. The Bertz CT molecular complexity index is 463. The molecule has 0 atom stereocenters. The van der Waals surface area contributed by atoms with Crippen molar-refractivity contribution >= 4 is 10.8 Å². The summed E-state index contributed by atoms with van der Waals surface area (Å²) in [5.41, 5.74) is 0.884. The van der Waals surface area contributed by atoms with Crippen molar-refractivity contribution in [2.75, 3.05) is 0 Å². The van der Waals surface area contributed by atoms with Crippen LogP contribution in [-0.4, -0.2) is 5.11 Å². The molecule has 0 radical (unpaired) electrons. The van der Waals surface area contributed by atoms with Gasteiger partial charge in [0.1, 0.15) is 0 Å². The first-order chi connectivity index (χ1) is 6.20. The van der Waals surface area contributed by atoms with Gasteiger partial charge in [0.2, 0.25) is 0 Å². The van der Waals surface area contributed by atoms with Crippen LogP contribution in [0.15, 0.2) is 30.3 Å². The molecule has 2 heteroatoms. The van der Waals surface area contributed by atoms with Crippen LogP contribution in [0.1, 0.15) is 5.56 Å². The topological polar surface area (TPSA) is 20.2 Å². The summed E-state index contributed by atoms with van der Waals surface area (Å²) >= 11 is 0. The number of hydrogen-bond donors (Lipinski definition) is 1. The Hall–Kier alpha value is -1.57. The minimum absolute atomic E-state index is 0.281. The molecule has 2 rings (SSSR count). The number of phenols is 1. The number of aromatic hydroxyl groups is 1. The van der Waals surface area contributed by atoms with Crippen LogP contribution in [0, 0.1) is 12.7 Å². The predicted octanol–water partition coefficient (Wildman–Crippen LogP) is 2.99. The molecule has 0 saturated carbocycles. The molecule has 1 nitrogen and oxygen atoms in total. The molecule has 0 aliphatic heterocycles. The van der Waals surface area contributed by atoms with Crippen molar-refractivity contribution < 1.29 is 9.50 Å². The summed E-state index contributed by atoms with van der Waals surface area (Å²) in [7, 11) is 0. The van der Waals surface area contributed by atoms with E-state index >= 15 is 0 Å². The number of halogens is 1. The van der Waals surface area contributed by atoms with Gasteiger partial charge in [0.15, 0.2) is 11.6 Å². The highest BCUT2D eigenvalue weighted by molar-refractivity contribution is 5.87. The van der Waals surface area contributed by atoms with Crippen LogP contribution in [0.25, 0.3) is 10.8 Å². The van der Waals surface area contributed by atoms with E-state index in [1.165, 1.54) is 6.07 Å². The fourth-order valence-electron chi connectivity index (χ4n) is 1.50. The molecule has 0 amide bonds. The summed E-state index contributed by atoms with van der Waals surface area (Å²) in [6.45, 7) is 1.85. The first-order valence-electron chi connectivity index (χ1n) is 4.07. The van der Waals surface area contributed by atoms with E-state index in [-0.39, 0.29) is 5.75 Å². The van der Waals surface area contributed by atoms with Crippen molar-refractivity contribution in [3.05, 3.63) is 41.7 Å². The standard InChI is InChI=1S/C11H9FO/c1-7-6-10(13)11(12)9-5-3-2-4-8(7)9/h2-6,13H,1H3. The van der Waals surface area contributed by atoms with Crippen LogP contribution in [0.3, 0.4) is 0 Å². The van der Waals surface area contributed by atoms with Gasteiger partial charge in [-0.15, -0.1) is 0 Å². The minimum Gasteiger partial charge on any atom is -0.505 e. The average molecular weight is 176 g/mol. The summed E-state index contributed by atoms with van der Waals surface area (Å²) in [6.07, 6.45) is 0. The molecule has 66 valence electrons. The van der Waals surface area contributed by atoms with E-state index < -0.39 is 5.82 Å². The van der Waals surface area contributed by atoms with Gasteiger partial charge in [0.05, 0.1) is 0 Å². The maximum atomic E-state index is 13.3. The van der Waals surface area contributed by atoms with Gasteiger partial charge in [-0.05, 0) is 23.9 Å². The van der Waals surface area contributed by atoms with Crippen molar-refractivity contribution in [1.82, 2.24) is 0 Å². The van der Waals surface area contributed by atoms with Crippen molar-refractivity contribution in [1.29, 1.82) is 0 Å². The number of fused-ring (bicyclic) bond motifs is 1. The van der Waals surface area contributed by atoms with Gasteiger partial charge in [0.25, 0.3) is 0 Å². The first-order valence-corrected chi connectivity index (χ1v) is 4.07. The van der Waals surface area contributed by atoms with Crippen molar-refractivity contribution in [2.45, 2.75) is 6.92 Å². The lowest BCUT2D eigenvalue weighted by molar-refractivity contribution is 0.436. The van der Waals surface area contributed by atoms with Crippen LogP contribution in [0.4, 0.5) is 4.39 Å². The number of aryl methyl sites for hydroxylation is 1. The van der Waals surface area contributed by atoms with E-state index in [0.29, 0.717) is 5.39 Å². The van der Waals surface area contributed by atoms with Crippen LogP contribution in [0.5, 0.6) is 5.75 Å². The molecule has 0 saturated heterocycles. The largest absolute Gasteiger partial charge is 0.505 e. The number of benzene rings is 2. The van der Waals surface area contributed by atoms with E-state index in [0.717, 1.165) is 10.9 Å². The summed E-state index contributed by atoms with van der Waals surface area (Å²) in [5.74, 6) is -0.822. The van der Waals surface area contributed by atoms with Gasteiger partial charge in [-0.3, -0.25) is 0 Å². The van der Waals surface area contributed by atoms with Crippen LogP contribution < -0.4 is 0 Å². The third-order valence-corrected chi connectivity index (χ3v) is 2.17. The fourth-order valence-corrected chi connectivity index (χ4v) is 1.50. The molecule has 13 heavy (non-hydrogen) atoms. The molecule has 0 fully saturated rings. The quantitative estimate of drug-likeness (QED) is 0.654. The number of rotatable bonds is 0. The fraction of sp³-hybridized carbons (Fsp3) is 0.0909. The molecular formula is C11H9FO. The van der Waals surface area contributed by atoms with Gasteiger partial charge in [-0.25, -0.2) is 4.39 Å². The predicted molar refractivity (Wildman–Crippen MR) is 50.3 cm³/mol. The van der Waals surface area contributed by atoms with Crippen molar-refractivity contribution in [3.63, 3.8) is 0 Å². The second-order valence-corrected chi connectivity index (χ2v) is 3.07. The molecule has 2 aromatic carbocycles. The molecule has 0 aliphatic carbocycles. The lowest BCUT2D eigenvalue weighted by atomic mass is 10.0. The Kier molecular flexibility index (Phi) is 1.69. The molecule has 0 heterocycles. The molecular weight excluding hydrogens is 167 g/mol. The Morgan fingerprint density at radius 3 is 2.46 bits per heavy atom. The van der Waals surface area contributed by atoms with Crippen molar-refractivity contribution in [2.24, 2.45) is 0 Å². The zero-order valence-electron chi connectivity index (χ0n) is 7.21. The van der Waals surface area contributed by atoms with Gasteiger partial charge in [-0.1, -0.05) is 24.3 Å². The Morgan fingerprint density at radius 2 is 1.77 bits per heavy atom. The number of phenolic OH excluding ortho intramolecular Hbond substituents is 1. The average Bonchev–Trinajstić information content (AvgIpc) is 2.15.